The Balaban J connectivity index is 2.32. The highest BCUT2D eigenvalue weighted by Crippen LogP contribution is 2.34. The molecule has 0 aliphatic carbocycles. The predicted octanol–water partition coefficient (Wildman–Crippen LogP) is 4.50. The molecule has 0 aliphatic heterocycles. The first-order chi connectivity index (χ1) is 8.24. The molecule has 2 aromatic rings. The molecule has 0 saturated carbocycles. The molecule has 1 N–H and O–H groups in total. The van der Waals surface area contributed by atoms with E-state index in [1.54, 1.807) is 17.6 Å². The van der Waals surface area contributed by atoms with Gasteiger partial charge < -0.3 is 9.73 Å². The first-order valence-electron chi connectivity index (χ1n) is 5.74. The summed E-state index contributed by atoms with van der Waals surface area (Å²) >= 11 is 5.37. The molecule has 0 aliphatic rings. The number of furan rings is 1. The molecule has 0 fully saturated rings. The highest BCUT2D eigenvalue weighted by atomic mass is 79.9. The number of hydrogen-bond donors (Lipinski definition) is 1. The maximum atomic E-state index is 5.41. The average Bonchev–Trinajstić information content (AvgIpc) is 2.90. The van der Waals surface area contributed by atoms with E-state index in [1.807, 2.05) is 6.92 Å². The fourth-order valence-electron chi connectivity index (χ4n) is 1.84. The van der Waals surface area contributed by atoms with Gasteiger partial charge in [0.1, 0.15) is 5.76 Å². The van der Waals surface area contributed by atoms with Crippen molar-refractivity contribution < 1.29 is 4.42 Å². The standard InChI is InChI=1S/C13H16BrNOS/c1-3-6-15-12(10-4-7-16-9(10)2)13-11(14)5-8-17-13/h4-5,7-8,12,15H,3,6H2,1-2H3. The molecule has 17 heavy (non-hydrogen) atoms. The van der Waals surface area contributed by atoms with Crippen molar-refractivity contribution >= 4 is 27.3 Å². The van der Waals surface area contributed by atoms with Gasteiger partial charge in [-0.1, -0.05) is 6.92 Å². The number of halogens is 1. The van der Waals surface area contributed by atoms with Crippen molar-refractivity contribution in [3.05, 3.63) is 44.4 Å². The van der Waals surface area contributed by atoms with Crippen LogP contribution in [-0.2, 0) is 0 Å². The summed E-state index contributed by atoms with van der Waals surface area (Å²) in [4.78, 5) is 1.31. The molecule has 0 spiro atoms. The van der Waals surface area contributed by atoms with Gasteiger partial charge in [-0.05, 0) is 53.3 Å². The van der Waals surface area contributed by atoms with E-state index in [0.717, 1.165) is 23.2 Å². The van der Waals surface area contributed by atoms with Crippen LogP contribution in [0.3, 0.4) is 0 Å². The number of rotatable bonds is 5. The lowest BCUT2D eigenvalue weighted by Gasteiger charge is -2.17. The summed E-state index contributed by atoms with van der Waals surface area (Å²) in [5.41, 5.74) is 1.22. The number of aryl methyl sites for hydroxylation is 1. The van der Waals surface area contributed by atoms with E-state index in [1.165, 1.54) is 10.4 Å². The van der Waals surface area contributed by atoms with Crippen LogP contribution in [0, 0.1) is 6.92 Å². The van der Waals surface area contributed by atoms with E-state index in [2.05, 4.69) is 45.7 Å². The van der Waals surface area contributed by atoms with Gasteiger partial charge in [0.15, 0.2) is 0 Å². The number of hydrogen-bond acceptors (Lipinski definition) is 3. The molecule has 0 radical (unpaired) electrons. The molecule has 0 saturated heterocycles. The van der Waals surface area contributed by atoms with Gasteiger partial charge in [0, 0.05) is 14.9 Å². The lowest BCUT2D eigenvalue weighted by Crippen LogP contribution is -2.22. The topological polar surface area (TPSA) is 25.2 Å². The van der Waals surface area contributed by atoms with Crippen molar-refractivity contribution in [3.63, 3.8) is 0 Å². The Kier molecular flexibility index (Phi) is 4.42. The summed E-state index contributed by atoms with van der Waals surface area (Å²) in [6, 6.07) is 4.37. The van der Waals surface area contributed by atoms with Gasteiger partial charge in [0.25, 0.3) is 0 Å². The average molecular weight is 314 g/mol. The minimum absolute atomic E-state index is 0.225. The molecule has 2 aromatic heterocycles. The zero-order valence-electron chi connectivity index (χ0n) is 10.00. The monoisotopic (exact) mass is 313 g/mol. The van der Waals surface area contributed by atoms with Crippen molar-refractivity contribution in [1.82, 2.24) is 5.32 Å². The van der Waals surface area contributed by atoms with Crippen LogP contribution in [0.2, 0.25) is 0 Å². The molecule has 0 aromatic carbocycles. The fourth-order valence-corrected chi connectivity index (χ4v) is 3.53. The van der Waals surface area contributed by atoms with Crippen LogP contribution in [0.15, 0.2) is 32.7 Å². The Morgan fingerprint density at radius 2 is 2.29 bits per heavy atom. The minimum Gasteiger partial charge on any atom is -0.469 e. The van der Waals surface area contributed by atoms with E-state index in [4.69, 9.17) is 4.42 Å². The summed E-state index contributed by atoms with van der Waals surface area (Å²) in [5.74, 6) is 0.985. The summed E-state index contributed by atoms with van der Waals surface area (Å²) in [5, 5.41) is 5.68. The Morgan fingerprint density at radius 3 is 2.82 bits per heavy atom. The summed E-state index contributed by atoms with van der Waals surface area (Å²) < 4.78 is 6.58. The lowest BCUT2D eigenvalue weighted by atomic mass is 10.1. The SMILES string of the molecule is CCCNC(c1ccoc1C)c1sccc1Br. The van der Waals surface area contributed by atoms with Gasteiger partial charge in [-0.3, -0.25) is 0 Å². The van der Waals surface area contributed by atoms with Crippen molar-refractivity contribution in [3.8, 4) is 0 Å². The number of thiophene rings is 1. The van der Waals surface area contributed by atoms with Crippen LogP contribution in [0.1, 0.15) is 35.6 Å². The van der Waals surface area contributed by atoms with Crippen LogP contribution in [-0.4, -0.2) is 6.54 Å². The third kappa shape index (κ3) is 2.81. The lowest BCUT2D eigenvalue weighted by molar-refractivity contribution is 0.518. The first-order valence-corrected chi connectivity index (χ1v) is 7.41. The van der Waals surface area contributed by atoms with Gasteiger partial charge in [0.05, 0.1) is 12.3 Å². The van der Waals surface area contributed by atoms with E-state index in [9.17, 15) is 0 Å². The van der Waals surface area contributed by atoms with Crippen LogP contribution in [0.25, 0.3) is 0 Å². The van der Waals surface area contributed by atoms with Crippen molar-refractivity contribution in [2.45, 2.75) is 26.3 Å². The molecule has 2 rings (SSSR count). The summed E-state index contributed by atoms with van der Waals surface area (Å²) in [7, 11) is 0. The van der Waals surface area contributed by atoms with Crippen molar-refractivity contribution in [1.29, 1.82) is 0 Å². The van der Waals surface area contributed by atoms with Gasteiger partial charge >= 0.3 is 0 Å². The van der Waals surface area contributed by atoms with Crippen LogP contribution < -0.4 is 5.32 Å². The van der Waals surface area contributed by atoms with Gasteiger partial charge in [-0.15, -0.1) is 11.3 Å². The largest absolute Gasteiger partial charge is 0.469 e. The minimum atomic E-state index is 0.225. The van der Waals surface area contributed by atoms with E-state index in [0.29, 0.717) is 0 Å². The van der Waals surface area contributed by atoms with Gasteiger partial charge in [-0.2, -0.15) is 0 Å². The van der Waals surface area contributed by atoms with Crippen LogP contribution in [0.5, 0.6) is 0 Å². The highest BCUT2D eigenvalue weighted by molar-refractivity contribution is 9.10. The third-order valence-corrected chi connectivity index (χ3v) is 4.65. The highest BCUT2D eigenvalue weighted by Gasteiger charge is 2.20. The fraction of sp³-hybridized carbons (Fsp3) is 0.385. The number of nitrogens with one attached hydrogen (secondary N) is 1. The Bertz CT molecular complexity index is 437. The molecule has 1 unspecified atom stereocenters. The molecule has 92 valence electrons. The van der Waals surface area contributed by atoms with Crippen molar-refractivity contribution in [2.75, 3.05) is 6.54 Å². The quantitative estimate of drug-likeness (QED) is 0.879. The Labute approximate surface area is 114 Å². The van der Waals surface area contributed by atoms with Crippen molar-refractivity contribution in [2.24, 2.45) is 0 Å². The zero-order chi connectivity index (χ0) is 12.3. The molecule has 1 atom stereocenters. The Hall–Kier alpha value is -0.580. The third-order valence-electron chi connectivity index (χ3n) is 2.72. The second-order valence-corrected chi connectivity index (χ2v) is 5.75. The maximum absolute atomic E-state index is 5.41. The van der Waals surface area contributed by atoms with E-state index in [-0.39, 0.29) is 6.04 Å². The molecule has 0 amide bonds. The van der Waals surface area contributed by atoms with E-state index < -0.39 is 0 Å². The molecule has 2 nitrogen and oxygen atoms in total. The predicted molar refractivity (Wildman–Crippen MR) is 75.6 cm³/mol. The second-order valence-electron chi connectivity index (χ2n) is 3.95. The Morgan fingerprint density at radius 1 is 1.47 bits per heavy atom. The molecule has 2 heterocycles. The maximum Gasteiger partial charge on any atom is 0.105 e. The molecular formula is C13H16BrNOS. The van der Waals surface area contributed by atoms with E-state index >= 15 is 0 Å². The van der Waals surface area contributed by atoms with Crippen LogP contribution in [0.4, 0.5) is 0 Å². The zero-order valence-corrected chi connectivity index (χ0v) is 12.4. The molecule has 4 heteroatoms. The smallest absolute Gasteiger partial charge is 0.105 e. The molecular weight excluding hydrogens is 298 g/mol. The van der Waals surface area contributed by atoms with Crippen LogP contribution >= 0.6 is 27.3 Å². The second kappa shape index (κ2) is 5.85. The van der Waals surface area contributed by atoms with Gasteiger partial charge in [-0.25, -0.2) is 0 Å². The van der Waals surface area contributed by atoms with Gasteiger partial charge in [0.2, 0.25) is 0 Å². The normalized spacial score (nSPS) is 12.9. The first kappa shape index (κ1) is 12.9. The summed E-state index contributed by atoms with van der Waals surface area (Å²) in [6.07, 6.45) is 2.88. The molecule has 0 bridgehead atoms. The summed E-state index contributed by atoms with van der Waals surface area (Å²) in [6.45, 7) is 5.19.